The van der Waals surface area contributed by atoms with E-state index in [4.69, 9.17) is 16.3 Å². The predicted molar refractivity (Wildman–Crippen MR) is 329 cm³/mol. The van der Waals surface area contributed by atoms with E-state index < -0.39 is 43.4 Å². The van der Waals surface area contributed by atoms with Gasteiger partial charge in [0.05, 0.1) is 21.6 Å². The zero-order valence-electron chi connectivity index (χ0n) is 48.5. The summed E-state index contributed by atoms with van der Waals surface area (Å²) in [6, 6.07) is 26.2. The molecular formula is C64H72ClN11O9S. The summed E-state index contributed by atoms with van der Waals surface area (Å²) >= 11 is 6.28. The van der Waals surface area contributed by atoms with E-state index in [0.717, 1.165) is 131 Å². The number of piperidine rings is 1. The number of sulfonamides is 1. The molecule has 2 aliphatic carbocycles. The van der Waals surface area contributed by atoms with Gasteiger partial charge >= 0.3 is 0 Å². The van der Waals surface area contributed by atoms with Gasteiger partial charge in [0.15, 0.2) is 0 Å². The number of H-pyrrole nitrogens is 1. The summed E-state index contributed by atoms with van der Waals surface area (Å²) in [5.74, 6) is -1.15. The topological polar surface area (TPSA) is 236 Å². The van der Waals surface area contributed by atoms with Crippen molar-refractivity contribution in [2.45, 2.75) is 102 Å². The van der Waals surface area contributed by atoms with Crippen LogP contribution < -0.4 is 25.0 Å². The van der Waals surface area contributed by atoms with Gasteiger partial charge in [-0.15, -0.1) is 0 Å². The third-order valence-corrected chi connectivity index (χ3v) is 19.9. The summed E-state index contributed by atoms with van der Waals surface area (Å²) in [6.45, 7) is 13.8. The summed E-state index contributed by atoms with van der Waals surface area (Å²) in [5.41, 5.74) is 8.09. The van der Waals surface area contributed by atoms with Crippen LogP contribution in [0.5, 0.6) is 11.5 Å². The number of piperazine rings is 2. The number of anilines is 2. The molecular weight excluding hydrogens is 1130 g/mol. The fraction of sp³-hybridized carbons (Fsp3) is 0.422. The fourth-order valence-corrected chi connectivity index (χ4v) is 14.5. The van der Waals surface area contributed by atoms with Crippen LogP contribution in [0.4, 0.5) is 17.1 Å². The van der Waals surface area contributed by atoms with E-state index in [1.165, 1.54) is 35.0 Å². The minimum absolute atomic E-state index is 0.0492. The number of benzene rings is 4. The number of nitrogens with one attached hydrogen (secondary N) is 4. The molecule has 12 rings (SSSR count). The van der Waals surface area contributed by atoms with Crippen LogP contribution in [0.25, 0.3) is 16.6 Å². The summed E-state index contributed by atoms with van der Waals surface area (Å²) < 4.78 is 36.6. The maximum Gasteiger partial charge on any atom is 0.293 e. The molecule has 0 radical (unpaired) electrons. The number of imide groups is 1. The van der Waals surface area contributed by atoms with Gasteiger partial charge in [0.1, 0.15) is 28.9 Å². The Labute approximate surface area is 505 Å². The second kappa shape index (κ2) is 24.6. The standard InChI is InChI=1S/C64H72ClN11O9S/c1-64(2)21-19-45(54(35-64)43-6-8-47(65)9-7-43)39-72-25-29-74(30-26-72)49-12-15-53(58(33-49)85-50-32-44-20-22-66-60(44)68-37-50)61(78)70-86(83,84)51-13-16-55(57(34-51)76(81)82)67-36-41-3-10-48(11-4-41)73-27-23-71(24-28-73)38-42-5-14-52-46(31-42)40-75(63(52)80)56-17-18-59(77)69-62(56)79/h5-9,12-16,20,22,31-34,37,41,48,56,67H,3-4,10-11,17-19,21,23-30,35-36,38-40H2,1-2H3,(H,66,68)(H,70,78)(H,69,77,79)/t41-,48+,56?. The third-order valence-electron chi connectivity index (χ3n) is 18.4. The van der Waals surface area contributed by atoms with Crippen LogP contribution in [-0.4, -0.2) is 144 Å². The number of amides is 4. The number of carbonyl (C=O) groups excluding carboxylic acids is 4. The monoisotopic (exact) mass is 1210 g/mol. The van der Waals surface area contributed by atoms with Crippen molar-refractivity contribution in [3.05, 3.63) is 152 Å². The minimum Gasteiger partial charge on any atom is -0.455 e. The average Bonchev–Trinajstić information content (AvgIpc) is 1.91. The van der Waals surface area contributed by atoms with Crippen molar-refractivity contribution in [1.82, 2.24) is 39.6 Å². The lowest BCUT2D eigenvalue weighted by atomic mass is 9.72. The first-order valence-electron chi connectivity index (χ1n) is 29.9. The molecule has 4 aliphatic heterocycles. The van der Waals surface area contributed by atoms with E-state index >= 15 is 0 Å². The summed E-state index contributed by atoms with van der Waals surface area (Å²) in [7, 11) is -4.62. The second-order valence-corrected chi connectivity index (χ2v) is 26.8. The molecule has 1 saturated carbocycles. The first kappa shape index (κ1) is 58.7. The highest BCUT2D eigenvalue weighted by atomic mass is 35.5. The van der Waals surface area contributed by atoms with Crippen LogP contribution in [0.2, 0.25) is 5.02 Å². The third kappa shape index (κ3) is 13.0. The molecule has 3 saturated heterocycles. The van der Waals surface area contributed by atoms with Gasteiger partial charge in [0.25, 0.3) is 27.5 Å². The molecule has 20 nitrogen and oxygen atoms in total. The van der Waals surface area contributed by atoms with Gasteiger partial charge in [-0.05, 0) is 140 Å². The Balaban J connectivity index is 0.647. The zero-order chi connectivity index (χ0) is 59.9. The van der Waals surface area contributed by atoms with Crippen molar-refractivity contribution < 1.29 is 37.3 Å². The molecule has 2 aromatic heterocycles. The summed E-state index contributed by atoms with van der Waals surface area (Å²) in [4.78, 5) is 81.9. The van der Waals surface area contributed by atoms with Crippen LogP contribution in [-0.2, 0) is 32.7 Å². The summed E-state index contributed by atoms with van der Waals surface area (Å²) in [6.07, 6.45) is 10.8. The lowest BCUT2D eigenvalue weighted by Gasteiger charge is -2.42. The Bertz CT molecular complexity index is 3750. The van der Waals surface area contributed by atoms with Gasteiger partial charge in [-0.1, -0.05) is 55.3 Å². The number of allylic oxidation sites excluding steroid dienone is 1. The normalized spacial score (nSPS) is 21.6. The number of pyridine rings is 1. The van der Waals surface area contributed by atoms with Crippen molar-refractivity contribution in [3.8, 4) is 11.5 Å². The maximum atomic E-state index is 14.2. The SMILES string of the molecule is CC1(C)CCC(CN2CCN(c3ccc(C(=O)NS(=O)(=O)c4ccc(NC[C@H]5CC[C@@H](N6CCN(Cc7ccc8c(c7)CN(C7CCC(=O)NC7=O)C8=O)CC6)CC5)c([N+](=O)[O-])c4)c(Oc4cnc5[nH]ccc5c4)c3)CC2)=C(c2ccc(Cl)cc2)C1. The first-order chi connectivity index (χ1) is 41.4. The van der Waals surface area contributed by atoms with E-state index in [9.17, 15) is 37.7 Å². The molecule has 4 fully saturated rings. The Kier molecular flexibility index (Phi) is 16.8. The number of aromatic nitrogens is 2. The second-order valence-electron chi connectivity index (χ2n) is 24.7. The number of hydrogen-bond acceptors (Lipinski definition) is 15. The van der Waals surface area contributed by atoms with Crippen molar-refractivity contribution >= 4 is 78.9 Å². The molecule has 4 aromatic carbocycles. The Morgan fingerprint density at radius 2 is 1.60 bits per heavy atom. The van der Waals surface area contributed by atoms with Gasteiger partial charge in [-0.25, -0.2) is 18.1 Å². The Morgan fingerprint density at radius 1 is 0.849 bits per heavy atom. The van der Waals surface area contributed by atoms with Gasteiger partial charge in [-0.3, -0.25) is 49.3 Å². The van der Waals surface area contributed by atoms with E-state index in [1.807, 2.05) is 30.3 Å². The number of hydrogen-bond donors (Lipinski definition) is 4. The van der Waals surface area contributed by atoms with Crippen LogP contribution >= 0.6 is 11.6 Å². The molecule has 1 unspecified atom stereocenters. The number of nitro groups is 1. The van der Waals surface area contributed by atoms with Gasteiger partial charge in [0, 0.05) is 131 Å². The van der Waals surface area contributed by atoms with E-state index in [-0.39, 0.29) is 46.6 Å². The fourth-order valence-electron chi connectivity index (χ4n) is 13.4. The van der Waals surface area contributed by atoms with Gasteiger partial charge in [-0.2, -0.15) is 0 Å². The molecule has 86 heavy (non-hydrogen) atoms. The van der Waals surface area contributed by atoms with Crippen molar-refractivity contribution in [2.75, 3.05) is 75.7 Å². The van der Waals surface area contributed by atoms with Crippen molar-refractivity contribution in [3.63, 3.8) is 0 Å². The number of nitro benzene ring substituents is 1. The minimum atomic E-state index is -4.62. The number of nitrogens with zero attached hydrogens (tertiary/aromatic N) is 7. The molecule has 4 N–H and O–H groups in total. The highest BCUT2D eigenvalue weighted by molar-refractivity contribution is 7.90. The van der Waals surface area contributed by atoms with Crippen LogP contribution in [0.3, 0.4) is 0 Å². The lowest BCUT2D eigenvalue weighted by Crippen LogP contribution is -2.52. The molecule has 4 amide bonds. The number of aromatic amines is 1. The van der Waals surface area contributed by atoms with Gasteiger partial charge in [0.2, 0.25) is 11.8 Å². The Hall–Kier alpha value is -7.69. The van der Waals surface area contributed by atoms with Crippen LogP contribution in [0.15, 0.2) is 114 Å². The van der Waals surface area contributed by atoms with E-state index in [1.54, 1.807) is 35.4 Å². The molecule has 450 valence electrons. The van der Waals surface area contributed by atoms with E-state index in [0.29, 0.717) is 55.6 Å². The quantitative estimate of drug-likeness (QED) is 0.0378. The van der Waals surface area contributed by atoms with E-state index in [2.05, 4.69) is 77.0 Å². The molecule has 6 aliphatic rings. The predicted octanol–water partition coefficient (Wildman–Crippen LogP) is 9.37. The van der Waals surface area contributed by atoms with Crippen LogP contribution in [0.1, 0.15) is 109 Å². The molecule has 0 bridgehead atoms. The summed E-state index contributed by atoms with van der Waals surface area (Å²) in [5, 5.41) is 19.6. The maximum absolute atomic E-state index is 14.2. The molecule has 0 spiro atoms. The lowest BCUT2D eigenvalue weighted by molar-refractivity contribution is -0.384. The highest BCUT2D eigenvalue weighted by Crippen LogP contribution is 2.44. The number of rotatable bonds is 17. The molecule has 22 heteroatoms. The molecule has 6 aromatic rings. The number of ether oxygens (including phenoxy) is 1. The van der Waals surface area contributed by atoms with Crippen molar-refractivity contribution in [2.24, 2.45) is 11.3 Å². The number of fused-ring (bicyclic) bond motifs is 2. The zero-order valence-corrected chi connectivity index (χ0v) is 50.1. The largest absolute Gasteiger partial charge is 0.455 e. The number of halogens is 1. The first-order valence-corrected chi connectivity index (χ1v) is 31.8. The molecule has 1 atom stereocenters. The molecule has 6 heterocycles. The Morgan fingerprint density at radius 3 is 2.36 bits per heavy atom. The smallest absolute Gasteiger partial charge is 0.293 e. The van der Waals surface area contributed by atoms with Crippen LogP contribution in [0, 0.1) is 21.4 Å². The number of carbonyl (C=O) groups is 4. The average molecular weight is 1210 g/mol. The highest BCUT2D eigenvalue weighted by Gasteiger charge is 2.40. The van der Waals surface area contributed by atoms with Crippen molar-refractivity contribution in [1.29, 1.82) is 0 Å². The van der Waals surface area contributed by atoms with Gasteiger partial charge < -0.3 is 24.8 Å².